The average molecular weight is 396 g/mol. The number of benzene rings is 2. The molecule has 1 saturated carbocycles. The first kappa shape index (κ1) is 19.2. The molecule has 0 atom stereocenters. The lowest BCUT2D eigenvalue weighted by Gasteiger charge is -2.38. The molecule has 1 aliphatic carbocycles. The Morgan fingerprint density at radius 2 is 1.59 bits per heavy atom. The lowest BCUT2D eigenvalue weighted by molar-refractivity contribution is -0.244. The summed E-state index contributed by atoms with van der Waals surface area (Å²) in [4.78, 5) is 24.8. The molecular weight excluding hydrogens is 375 g/mol. The van der Waals surface area contributed by atoms with E-state index in [4.69, 9.17) is 14.2 Å². The van der Waals surface area contributed by atoms with Gasteiger partial charge in [0.05, 0.1) is 0 Å². The molecule has 2 aromatic carbocycles. The molecule has 150 valence electrons. The molecule has 1 heterocycles. The molecule has 1 aliphatic heterocycles. The van der Waals surface area contributed by atoms with E-state index in [1.807, 2.05) is 0 Å². The maximum Gasteiger partial charge on any atom is 0.348 e. The van der Waals surface area contributed by atoms with E-state index < -0.39 is 17.7 Å². The van der Waals surface area contributed by atoms with Gasteiger partial charge in [-0.3, -0.25) is 0 Å². The van der Waals surface area contributed by atoms with Crippen LogP contribution in [0.5, 0.6) is 5.75 Å². The minimum Gasteiger partial charge on any atom is -0.489 e. The van der Waals surface area contributed by atoms with Crippen molar-refractivity contribution in [3.63, 3.8) is 0 Å². The molecule has 0 aromatic heterocycles. The van der Waals surface area contributed by atoms with Crippen LogP contribution in [0.2, 0.25) is 0 Å². The van der Waals surface area contributed by atoms with Crippen molar-refractivity contribution in [3.05, 3.63) is 71.0 Å². The standard InChI is InChI=1S/C23H21FO5/c24-20-7-3-2-6-17(20)15-27-18-10-8-16(9-11-18)14-19-21(25)28-23(29-22(19)26)12-4-1-5-13-23/h2-3,6-11,14H,1,4-5,12-13,15H2. The van der Waals surface area contributed by atoms with Gasteiger partial charge in [0.1, 0.15) is 23.7 Å². The van der Waals surface area contributed by atoms with Crippen LogP contribution < -0.4 is 4.74 Å². The highest BCUT2D eigenvalue weighted by Crippen LogP contribution is 2.37. The molecule has 2 aliphatic rings. The lowest BCUT2D eigenvalue weighted by Crippen LogP contribution is -2.47. The van der Waals surface area contributed by atoms with Crippen LogP contribution in [0.4, 0.5) is 4.39 Å². The Bertz CT molecular complexity index is 920. The largest absolute Gasteiger partial charge is 0.489 e. The van der Waals surface area contributed by atoms with Crippen molar-refractivity contribution < 1.29 is 28.2 Å². The monoisotopic (exact) mass is 396 g/mol. The highest BCUT2D eigenvalue weighted by Gasteiger charge is 2.46. The van der Waals surface area contributed by atoms with Gasteiger partial charge in [-0.15, -0.1) is 0 Å². The molecule has 2 fully saturated rings. The van der Waals surface area contributed by atoms with E-state index >= 15 is 0 Å². The molecule has 0 unspecified atom stereocenters. The number of esters is 2. The van der Waals surface area contributed by atoms with E-state index in [9.17, 15) is 14.0 Å². The molecule has 29 heavy (non-hydrogen) atoms. The topological polar surface area (TPSA) is 61.8 Å². The van der Waals surface area contributed by atoms with Crippen molar-refractivity contribution in [1.82, 2.24) is 0 Å². The van der Waals surface area contributed by atoms with Gasteiger partial charge in [-0.25, -0.2) is 14.0 Å². The molecule has 0 radical (unpaired) electrons. The Morgan fingerprint density at radius 1 is 0.931 bits per heavy atom. The molecule has 0 N–H and O–H groups in total. The number of rotatable bonds is 4. The van der Waals surface area contributed by atoms with Crippen LogP contribution >= 0.6 is 0 Å². The smallest absolute Gasteiger partial charge is 0.348 e. The second kappa shape index (κ2) is 8.07. The third kappa shape index (κ3) is 4.31. The van der Waals surface area contributed by atoms with Crippen molar-refractivity contribution in [2.45, 2.75) is 44.5 Å². The number of halogens is 1. The Balaban J connectivity index is 1.42. The molecule has 2 aromatic rings. The molecule has 4 rings (SSSR count). The van der Waals surface area contributed by atoms with Crippen LogP contribution in [-0.4, -0.2) is 17.7 Å². The third-order valence-corrected chi connectivity index (χ3v) is 5.16. The third-order valence-electron chi connectivity index (χ3n) is 5.16. The maximum atomic E-state index is 13.6. The van der Waals surface area contributed by atoms with Crippen LogP contribution in [0.1, 0.15) is 43.2 Å². The number of carbonyl (C=O) groups is 2. The van der Waals surface area contributed by atoms with Gasteiger partial charge in [0.2, 0.25) is 0 Å². The summed E-state index contributed by atoms with van der Waals surface area (Å²) in [6, 6.07) is 13.2. The number of ether oxygens (including phenoxy) is 3. The normalized spacial score (nSPS) is 18.2. The van der Waals surface area contributed by atoms with Crippen molar-refractivity contribution >= 4 is 18.0 Å². The Labute approximate surface area is 168 Å². The minimum absolute atomic E-state index is 0.105. The number of hydrogen-bond acceptors (Lipinski definition) is 5. The average Bonchev–Trinajstić information content (AvgIpc) is 2.72. The Morgan fingerprint density at radius 3 is 2.24 bits per heavy atom. The molecule has 0 bridgehead atoms. The van der Waals surface area contributed by atoms with Gasteiger partial charge in [0, 0.05) is 18.4 Å². The van der Waals surface area contributed by atoms with Gasteiger partial charge in [-0.1, -0.05) is 36.8 Å². The zero-order chi connectivity index (χ0) is 20.3. The molecule has 1 spiro atoms. The van der Waals surface area contributed by atoms with Crippen molar-refractivity contribution in [3.8, 4) is 5.75 Å². The zero-order valence-corrected chi connectivity index (χ0v) is 15.9. The quantitative estimate of drug-likeness (QED) is 0.431. The second-order valence-corrected chi connectivity index (χ2v) is 7.26. The first-order valence-corrected chi connectivity index (χ1v) is 9.69. The predicted octanol–water partition coefficient (Wildman–Crippen LogP) is 4.55. The summed E-state index contributed by atoms with van der Waals surface area (Å²) in [7, 11) is 0. The first-order chi connectivity index (χ1) is 14.0. The summed E-state index contributed by atoms with van der Waals surface area (Å²) in [5.41, 5.74) is 0.969. The number of carbonyl (C=O) groups excluding carboxylic acids is 2. The van der Waals surface area contributed by atoms with E-state index in [1.54, 1.807) is 42.5 Å². The Kier molecular flexibility index (Phi) is 5.34. The second-order valence-electron chi connectivity index (χ2n) is 7.26. The number of hydrogen-bond donors (Lipinski definition) is 0. The van der Waals surface area contributed by atoms with Gasteiger partial charge >= 0.3 is 11.9 Å². The molecule has 6 heteroatoms. The zero-order valence-electron chi connectivity index (χ0n) is 15.9. The van der Waals surface area contributed by atoms with Gasteiger partial charge in [-0.2, -0.15) is 0 Å². The van der Waals surface area contributed by atoms with Crippen LogP contribution in [0.15, 0.2) is 54.1 Å². The van der Waals surface area contributed by atoms with Crippen LogP contribution in [-0.2, 0) is 25.7 Å². The van der Waals surface area contributed by atoms with Gasteiger partial charge in [0.25, 0.3) is 5.79 Å². The first-order valence-electron chi connectivity index (χ1n) is 9.69. The van der Waals surface area contributed by atoms with E-state index in [1.165, 1.54) is 12.1 Å². The summed E-state index contributed by atoms with van der Waals surface area (Å²) in [6.07, 6.45) is 5.32. The summed E-state index contributed by atoms with van der Waals surface area (Å²) < 4.78 is 30.2. The summed E-state index contributed by atoms with van der Waals surface area (Å²) in [5, 5.41) is 0. The van der Waals surface area contributed by atoms with E-state index in [0.717, 1.165) is 19.3 Å². The fourth-order valence-electron chi connectivity index (χ4n) is 3.57. The fraction of sp³-hybridized carbons (Fsp3) is 0.304. The molecule has 1 saturated heterocycles. The van der Waals surface area contributed by atoms with Crippen molar-refractivity contribution in [1.29, 1.82) is 0 Å². The van der Waals surface area contributed by atoms with Gasteiger partial charge in [0.15, 0.2) is 0 Å². The highest BCUT2D eigenvalue weighted by atomic mass is 19.1. The van der Waals surface area contributed by atoms with Crippen LogP contribution in [0.3, 0.4) is 0 Å². The fourth-order valence-corrected chi connectivity index (χ4v) is 3.57. The van der Waals surface area contributed by atoms with Gasteiger partial charge < -0.3 is 14.2 Å². The maximum absolute atomic E-state index is 13.6. The summed E-state index contributed by atoms with van der Waals surface area (Å²) >= 11 is 0. The molecule has 0 amide bonds. The van der Waals surface area contributed by atoms with E-state index in [0.29, 0.717) is 29.7 Å². The van der Waals surface area contributed by atoms with Crippen LogP contribution in [0, 0.1) is 5.82 Å². The van der Waals surface area contributed by atoms with Gasteiger partial charge in [-0.05, 0) is 42.7 Å². The molecule has 5 nitrogen and oxygen atoms in total. The van der Waals surface area contributed by atoms with E-state index in [-0.39, 0.29) is 18.0 Å². The highest BCUT2D eigenvalue weighted by molar-refractivity contribution is 6.18. The summed E-state index contributed by atoms with van der Waals surface area (Å²) in [5.74, 6) is -2.16. The molecular formula is C23H21FO5. The van der Waals surface area contributed by atoms with E-state index in [2.05, 4.69) is 0 Å². The van der Waals surface area contributed by atoms with Crippen LogP contribution in [0.25, 0.3) is 6.08 Å². The summed E-state index contributed by atoms with van der Waals surface area (Å²) in [6.45, 7) is 0.105. The minimum atomic E-state index is -1.09. The SMILES string of the molecule is O=C1OC2(CCCCC2)OC(=O)C1=Cc1ccc(OCc2ccccc2F)cc1. The van der Waals surface area contributed by atoms with Crippen molar-refractivity contribution in [2.24, 2.45) is 0 Å². The Hall–Kier alpha value is -3.15. The van der Waals surface area contributed by atoms with Crippen molar-refractivity contribution in [2.75, 3.05) is 0 Å². The predicted molar refractivity (Wildman–Crippen MR) is 103 cm³/mol. The lowest BCUT2D eigenvalue weighted by atomic mass is 9.93.